The van der Waals surface area contributed by atoms with E-state index >= 15 is 0 Å². The van der Waals surface area contributed by atoms with Gasteiger partial charge < -0.3 is 10.7 Å². The van der Waals surface area contributed by atoms with E-state index in [1.807, 2.05) is 67.1 Å². The highest BCUT2D eigenvalue weighted by molar-refractivity contribution is 7.80. The van der Waals surface area contributed by atoms with E-state index in [1.54, 1.807) is 0 Å². The minimum absolute atomic E-state index is 0.365. The van der Waals surface area contributed by atoms with E-state index in [-0.39, 0.29) is 0 Å². The van der Waals surface area contributed by atoms with Gasteiger partial charge in [-0.3, -0.25) is 5.32 Å². The number of aromatic nitrogens is 3. The monoisotopic (exact) mass is 458 g/mol. The van der Waals surface area contributed by atoms with E-state index in [9.17, 15) is 0 Å². The summed E-state index contributed by atoms with van der Waals surface area (Å²) in [6.45, 7) is 6.47. The Balaban J connectivity index is 1.61. The molecule has 0 bridgehead atoms. The summed E-state index contributed by atoms with van der Waals surface area (Å²) in [5.74, 6) is 0.810. The van der Waals surface area contributed by atoms with E-state index in [0.29, 0.717) is 23.6 Å². The van der Waals surface area contributed by atoms with Crippen molar-refractivity contribution >= 4 is 45.8 Å². The zero-order chi connectivity index (χ0) is 23.4. The quantitative estimate of drug-likeness (QED) is 0.154. The maximum Gasteiger partial charge on any atom is 0.315 e. The lowest BCUT2D eigenvalue weighted by atomic mass is 10.1. The van der Waals surface area contributed by atoms with E-state index in [2.05, 4.69) is 44.6 Å². The Morgan fingerprint density at radius 1 is 1.00 bits per heavy atom. The molecule has 0 saturated heterocycles. The zero-order valence-electron chi connectivity index (χ0n) is 19.0. The molecule has 2 aromatic carbocycles. The summed E-state index contributed by atoms with van der Waals surface area (Å²) in [4.78, 5) is 12.2. The number of aromatic amines is 1. The van der Waals surface area contributed by atoms with Crippen LogP contribution in [-0.4, -0.2) is 37.1 Å². The highest BCUT2D eigenvalue weighted by atomic mass is 32.1. The summed E-state index contributed by atoms with van der Waals surface area (Å²) >= 11 is 5.75. The van der Waals surface area contributed by atoms with Crippen molar-refractivity contribution in [2.24, 2.45) is 5.73 Å². The molecule has 168 valence electrons. The Bertz CT molecular complexity index is 1300. The van der Waals surface area contributed by atoms with Crippen molar-refractivity contribution in [2.45, 2.75) is 27.2 Å². The lowest BCUT2D eigenvalue weighted by Gasteiger charge is -2.14. The number of benzene rings is 2. The van der Waals surface area contributed by atoms with Crippen LogP contribution in [0.4, 0.5) is 11.6 Å². The zero-order valence-corrected chi connectivity index (χ0v) is 19.8. The lowest BCUT2D eigenvalue weighted by molar-refractivity contribution is -0.404. The van der Waals surface area contributed by atoms with Gasteiger partial charge in [-0.1, -0.05) is 35.9 Å². The molecular weight excluding hydrogens is 430 g/mol. The third-order valence-electron chi connectivity index (χ3n) is 5.34. The van der Waals surface area contributed by atoms with Crippen LogP contribution in [0.15, 0.2) is 60.8 Å². The van der Waals surface area contributed by atoms with Gasteiger partial charge in [0.2, 0.25) is 0 Å². The second-order valence-electron chi connectivity index (χ2n) is 8.04. The van der Waals surface area contributed by atoms with Gasteiger partial charge in [-0.25, -0.2) is 19.9 Å². The van der Waals surface area contributed by atoms with E-state index in [0.717, 1.165) is 29.0 Å². The van der Waals surface area contributed by atoms with Crippen LogP contribution in [-0.2, 0) is 6.42 Å². The number of fused-ring (bicyclic) bond motifs is 1. The second-order valence-corrected chi connectivity index (χ2v) is 8.43. The number of thiocarbonyl (C=S) groups is 1. The van der Waals surface area contributed by atoms with Gasteiger partial charge in [-0.2, -0.15) is 0 Å². The molecule has 8 heteroatoms. The average Bonchev–Trinajstić information content (AvgIpc) is 3.18. The molecule has 0 aliphatic carbocycles. The Hall–Kier alpha value is -3.78. The van der Waals surface area contributed by atoms with Gasteiger partial charge in [0.1, 0.15) is 0 Å². The number of para-hydroxylation sites is 1. The number of nitrogens with zero attached hydrogens (tertiary/aromatic N) is 3. The Morgan fingerprint density at radius 2 is 1.70 bits per heavy atom. The minimum Gasteiger partial charge on any atom is -0.361 e. The molecule has 5 N–H and O–H groups in total. The predicted molar refractivity (Wildman–Crippen MR) is 139 cm³/mol. The van der Waals surface area contributed by atoms with Crippen LogP contribution in [0.25, 0.3) is 10.9 Å². The third-order valence-corrected chi connectivity index (χ3v) is 5.66. The molecule has 0 amide bonds. The van der Waals surface area contributed by atoms with Gasteiger partial charge in [0, 0.05) is 34.9 Å². The summed E-state index contributed by atoms with van der Waals surface area (Å²) in [5.41, 5.74) is 12.6. The van der Waals surface area contributed by atoms with E-state index < -0.39 is 0 Å². The molecule has 2 heterocycles. The smallest absolute Gasteiger partial charge is 0.315 e. The first-order valence-electron chi connectivity index (χ1n) is 10.8. The second kappa shape index (κ2) is 9.79. The summed E-state index contributed by atoms with van der Waals surface area (Å²) in [5, 5.41) is 8.11. The molecule has 0 aliphatic rings. The number of nitrogens with one attached hydrogen (secondary N) is 3. The number of anilines is 2. The topological polar surface area (TPSA) is 94.7 Å². The van der Waals surface area contributed by atoms with Crippen LogP contribution in [0.1, 0.15) is 22.5 Å². The fourth-order valence-corrected chi connectivity index (χ4v) is 4.00. The minimum atomic E-state index is 0.365. The standard InChI is InChI=1S/C25H27N7S/c1-16-8-10-20(11-9-16)30-25(33)32(23(26)31-24-28-17(2)14-18(3)29-24)13-12-19-15-27-22-7-5-4-6-21(19)22/h4-11,14-15,27H,12-13H2,1-3H3,(H3,26,28,29,30,31,33)/p+1. The fourth-order valence-electron chi connectivity index (χ4n) is 3.69. The molecule has 0 saturated carbocycles. The Kier molecular flexibility index (Phi) is 6.65. The van der Waals surface area contributed by atoms with Gasteiger partial charge in [0.15, 0.2) is 0 Å². The van der Waals surface area contributed by atoms with E-state index in [1.165, 1.54) is 16.5 Å². The first-order valence-corrected chi connectivity index (χ1v) is 11.2. The van der Waals surface area contributed by atoms with Crippen molar-refractivity contribution in [3.05, 3.63) is 83.3 Å². The summed E-state index contributed by atoms with van der Waals surface area (Å²) in [7, 11) is 0. The fraction of sp³-hybridized carbons (Fsp3) is 0.200. The predicted octanol–water partition coefficient (Wildman–Crippen LogP) is 4.26. The molecule has 0 spiro atoms. The summed E-state index contributed by atoms with van der Waals surface area (Å²) in [6.07, 6.45) is 2.78. The van der Waals surface area contributed by atoms with Crippen molar-refractivity contribution in [1.82, 2.24) is 15.0 Å². The van der Waals surface area contributed by atoms with Crippen LogP contribution < -0.4 is 16.4 Å². The maximum absolute atomic E-state index is 6.50. The molecule has 4 rings (SSSR count). The molecule has 7 nitrogen and oxygen atoms in total. The number of H-pyrrole nitrogens is 1. The van der Waals surface area contributed by atoms with Crippen LogP contribution in [0, 0.1) is 20.8 Å². The molecule has 0 aliphatic heterocycles. The number of hydrogen-bond acceptors (Lipinski definition) is 3. The normalized spacial score (nSPS) is 11.8. The van der Waals surface area contributed by atoms with Crippen molar-refractivity contribution in [2.75, 3.05) is 17.2 Å². The third kappa shape index (κ3) is 5.53. The molecule has 33 heavy (non-hydrogen) atoms. The molecular formula is C25H28N7S+. The van der Waals surface area contributed by atoms with Gasteiger partial charge in [0.05, 0.1) is 12.2 Å². The summed E-state index contributed by atoms with van der Waals surface area (Å²) in [6, 6.07) is 18.2. The molecule has 0 radical (unpaired) electrons. The number of nitrogens with two attached hydrogens (primary N) is 1. The number of hydrogen-bond donors (Lipinski definition) is 4. The first kappa shape index (κ1) is 22.4. The van der Waals surface area contributed by atoms with Crippen LogP contribution in [0.2, 0.25) is 0 Å². The van der Waals surface area contributed by atoms with Crippen molar-refractivity contribution < 1.29 is 4.58 Å². The van der Waals surface area contributed by atoms with Crippen molar-refractivity contribution in [3.8, 4) is 0 Å². The van der Waals surface area contributed by atoms with Gasteiger partial charge in [0.25, 0.3) is 11.1 Å². The largest absolute Gasteiger partial charge is 0.361 e. The molecule has 0 fully saturated rings. The average molecular weight is 459 g/mol. The Morgan fingerprint density at radius 3 is 2.42 bits per heavy atom. The Labute approximate surface area is 198 Å². The van der Waals surface area contributed by atoms with Crippen LogP contribution >= 0.6 is 12.2 Å². The van der Waals surface area contributed by atoms with Gasteiger partial charge in [-0.05, 0) is 62.8 Å². The highest BCUT2D eigenvalue weighted by Crippen LogP contribution is 2.18. The molecule has 0 atom stereocenters. The number of rotatable bonds is 5. The number of aryl methyl sites for hydroxylation is 3. The van der Waals surface area contributed by atoms with Crippen molar-refractivity contribution in [3.63, 3.8) is 0 Å². The van der Waals surface area contributed by atoms with E-state index in [4.69, 9.17) is 18.0 Å². The number of guanidine groups is 1. The van der Waals surface area contributed by atoms with Gasteiger partial charge in [-0.15, -0.1) is 0 Å². The SMILES string of the molecule is Cc1ccc(NC(=S)[N+](CCc2c[nH]c3ccccc23)=C(N)Nc2nc(C)cc(C)n2)cc1. The highest BCUT2D eigenvalue weighted by Gasteiger charge is 2.17. The molecule has 0 unspecified atom stereocenters. The first-order chi connectivity index (χ1) is 15.9. The lowest BCUT2D eigenvalue weighted by Crippen LogP contribution is -2.41. The van der Waals surface area contributed by atoms with Gasteiger partial charge >= 0.3 is 5.96 Å². The van der Waals surface area contributed by atoms with Crippen LogP contribution in [0.3, 0.4) is 0 Å². The summed E-state index contributed by atoms with van der Waals surface area (Å²) < 4.78 is 1.85. The van der Waals surface area contributed by atoms with Crippen LogP contribution in [0.5, 0.6) is 0 Å². The van der Waals surface area contributed by atoms with Crippen molar-refractivity contribution in [1.29, 1.82) is 0 Å². The maximum atomic E-state index is 6.50. The molecule has 4 aromatic rings. The molecule has 2 aromatic heterocycles.